The molecule has 0 aliphatic heterocycles. The number of hydrogen-bond donors (Lipinski definition) is 0. The number of anilines is 6. The highest BCUT2D eigenvalue weighted by Gasteiger charge is 2.38. The van der Waals surface area contributed by atoms with Crippen molar-refractivity contribution in [3.05, 3.63) is 255 Å². The molecular weight excluding hydrogens is 847 g/mol. The van der Waals surface area contributed by atoms with Gasteiger partial charge in [0.05, 0.1) is 5.69 Å². The Hall–Kier alpha value is -8.01. The molecular formula is C67H59N3. The minimum absolute atomic E-state index is 0.170. The Labute approximate surface area is 414 Å². The number of pyridine rings is 1. The Kier molecular flexibility index (Phi) is 11.1. The standard InChI is InChI=1S/C67H59N3/c1-44-17-9-13-21-62(44)69(63-22-14-10-18-45(63)2)52-33-37-56-54-35-29-48(39-58(54)66(5,6)60(56)41-52)25-26-50-28-32-51(68-43-50)31-27-49-30-36-55-57-38-34-53(42-61(57)67(7,8)59(55)40-49)70(64-23-15-11-19-46(64)3)65-24-16-12-20-47(65)4/h9-43H,1-8H3/b26-25+,31-27+. The molecule has 8 aromatic carbocycles. The lowest BCUT2D eigenvalue weighted by atomic mass is 9.81. The molecule has 0 atom stereocenters. The minimum Gasteiger partial charge on any atom is -0.310 e. The van der Waals surface area contributed by atoms with Gasteiger partial charge in [0.15, 0.2) is 0 Å². The van der Waals surface area contributed by atoms with Crippen LogP contribution in [-0.2, 0) is 10.8 Å². The van der Waals surface area contributed by atoms with Crippen molar-refractivity contribution < 1.29 is 0 Å². The molecule has 3 nitrogen and oxygen atoms in total. The van der Waals surface area contributed by atoms with Crippen LogP contribution in [0.15, 0.2) is 188 Å². The minimum atomic E-state index is -0.173. The second-order valence-corrected chi connectivity index (χ2v) is 20.3. The van der Waals surface area contributed by atoms with Crippen LogP contribution in [0.2, 0.25) is 0 Å². The quantitative estimate of drug-likeness (QED) is 0.136. The molecule has 0 saturated carbocycles. The molecule has 70 heavy (non-hydrogen) atoms. The monoisotopic (exact) mass is 905 g/mol. The van der Waals surface area contributed by atoms with E-state index in [4.69, 9.17) is 4.98 Å². The fourth-order valence-corrected chi connectivity index (χ4v) is 11.0. The first-order valence-corrected chi connectivity index (χ1v) is 24.6. The SMILES string of the molecule is Cc1ccccc1N(c1ccc2c(c1)C(C)(C)c1cc(/C=C/c3ccc(/C=C/c4ccc5c(c4)C(C)(C)c4cc(N(c6ccccc6C)c6ccccc6C)ccc4-5)nc3)ccc1-2)c1ccccc1C. The van der Waals surface area contributed by atoms with Crippen LogP contribution < -0.4 is 9.80 Å². The summed E-state index contributed by atoms with van der Waals surface area (Å²) in [6.07, 6.45) is 10.7. The maximum Gasteiger partial charge on any atom is 0.0630 e. The zero-order valence-electron chi connectivity index (χ0n) is 41.5. The lowest BCUT2D eigenvalue weighted by molar-refractivity contribution is 0.660. The molecule has 9 aromatic rings. The van der Waals surface area contributed by atoms with Crippen LogP contribution in [0, 0.1) is 27.7 Å². The molecule has 1 heterocycles. The molecule has 342 valence electrons. The molecule has 0 unspecified atom stereocenters. The maximum absolute atomic E-state index is 4.87. The van der Waals surface area contributed by atoms with Gasteiger partial charge in [0, 0.05) is 51.2 Å². The van der Waals surface area contributed by atoms with E-state index in [-0.39, 0.29) is 10.8 Å². The second kappa shape index (κ2) is 17.5. The number of nitrogens with zero attached hydrogens (tertiary/aromatic N) is 3. The van der Waals surface area contributed by atoms with E-state index < -0.39 is 0 Å². The molecule has 3 heteroatoms. The molecule has 0 N–H and O–H groups in total. The normalized spacial score (nSPS) is 13.8. The Morgan fingerprint density at radius 1 is 0.343 bits per heavy atom. The average Bonchev–Trinajstić information content (AvgIpc) is 3.73. The molecule has 0 spiro atoms. The van der Waals surface area contributed by atoms with Gasteiger partial charge in [0.25, 0.3) is 0 Å². The van der Waals surface area contributed by atoms with Crippen LogP contribution in [0.4, 0.5) is 34.1 Å². The van der Waals surface area contributed by atoms with Crippen molar-refractivity contribution in [2.75, 3.05) is 9.80 Å². The van der Waals surface area contributed by atoms with Crippen molar-refractivity contribution in [1.29, 1.82) is 0 Å². The van der Waals surface area contributed by atoms with Crippen molar-refractivity contribution in [1.82, 2.24) is 4.98 Å². The lowest BCUT2D eigenvalue weighted by Crippen LogP contribution is -2.17. The summed E-state index contributed by atoms with van der Waals surface area (Å²) in [6, 6.07) is 66.8. The number of benzene rings is 8. The molecule has 0 bridgehead atoms. The fraction of sp³-hybridized carbons (Fsp3) is 0.149. The van der Waals surface area contributed by atoms with E-state index in [0.717, 1.165) is 11.3 Å². The first-order valence-electron chi connectivity index (χ1n) is 24.6. The Morgan fingerprint density at radius 2 is 0.671 bits per heavy atom. The van der Waals surface area contributed by atoms with Gasteiger partial charge in [-0.15, -0.1) is 0 Å². The first kappa shape index (κ1) is 44.5. The van der Waals surface area contributed by atoms with Crippen LogP contribution in [0.1, 0.15) is 94.6 Å². The summed E-state index contributed by atoms with van der Waals surface area (Å²) in [4.78, 5) is 9.70. The van der Waals surface area contributed by atoms with Crippen molar-refractivity contribution in [3.8, 4) is 22.3 Å². The Bertz CT molecular complexity index is 3220. The third-order valence-electron chi connectivity index (χ3n) is 15.0. The topological polar surface area (TPSA) is 19.4 Å². The summed E-state index contributed by atoms with van der Waals surface area (Å²) in [5.41, 5.74) is 26.7. The van der Waals surface area contributed by atoms with Gasteiger partial charge in [0.1, 0.15) is 0 Å². The highest BCUT2D eigenvalue weighted by atomic mass is 15.2. The number of aryl methyl sites for hydroxylation is 4. The van der Waals surface area contributed by atoms with E-state index >= 15 is 0 Å². The number of rotatable bonds is 10. The van der Waals surface area contributed by atoms with Gasteiger partial charge in [-0.2, -0.15) is 0 Å². The number of aromatic nitrogens is 1. The van der Waals surface area contributed by atoms with Gasteiger partial charge in [-0.25, -0.2) is 0 Å². The summed E-state index contributed by atoms with van der Waals surface area (Å²) >= 11 is 0. The van der Waals surface area contributed by atoms with Gasteiger partial charge in [0.2, 0.25) is 0 Å². The smallest absolute Gasteiger partial charge is 0.0630 e. The van der Waals surface area contributed by atoms with Gasteiger partial charge in [-0.3, -0.25) is 4.98 Å². The number of hydrogen-bond acceptors (Lipinski definition) is 3. The largest absolute Gasteiger partial charge is 0.310 e. The van der Waals surface area contributed by atoms with E-state index in [9.17, 15) is 0 Å². The van der Waals surface area contributed by atoms with Crippen molar-refractivity contribution >= 4 is 58.4 Å². The van der Waals surface area contributed by atoms with Crippen LogP contribution in [-0.4, -0.2) is 4.98 Å². The summed E-state index contributed by atoms with van der Waals surface area (Å²) in [7, 11) is 0. The van der Waals surface area contributed by atoms with E-state index in [1.54, 1.807) is 0 Å². The number of para-hydroxylation sites is 4. The van der Waals surface area contributed by atoms with Crippen molar-refractivity contribution in [2.24, 2.45) is 0 Å². The Morgan fingerprint density at radius 3 is 1.04 bits per heavy atom. The molecule has 0 fully saturated rings. The van der Waals surface area contributed by atoms with Crippen molar-refractivity contribution in [2.45, 2.75) is 66.2 Å². The molecule has 0 saturated heterocycles. The van der Waals surface area contributed by atoms with E-state index in [1.165, 1.54) is 112 Å². The van der Waals surface area contributed by atoms with Crippen LogP contribution in [0.3, 0.4) is 0 Å². The number of fused-ring (bicyclic) bond motifs is 6. The van der Waals surface area contributed by atoms with Crippen molar-refractivity contribution in [3.63, 3.8) is 0 Å². The van der Waals surface area contributed by atoms with Gasteiger partial charge in [-0.1, -0.05) is 173 Å². The predicted octanol–water partition coefficient (Wildman–Crippen LogP) is 18.2. The first-order chi connectivity index (χ1) is 33.9. The predicted molar refractivity (Wildman–Crippen MR) is 298 cm³/mol. The lowest BCUT2D eigenvalue weighted by Gasteiger charge is -2.30. The highest BCUT2D eigenvalue weighted by Crippen LogP contribution is 2.53. The zero-order chi connectivity index (χ0) is 48.3. The van der Waals surface area contributed by atoms with Crippen LogP contribution in [0.25, 0.3) is 46.6 Å². The molecule has 2 aliphatic carbocycles. The van der Waals surface area contributed by atoms with Gasteiger partial charge < -0.3 is 9.80 Å². The highest BCUT2D eigenvalue weighted by molar-refractivity contribution is 5.90. The third kappa shape index (κ3) is 7.76. The Balaban J connectivity index is 0.806. The summed E-state index contributed by atoms with van der Waals surface area (Å²) in [6.45, 7) is 18.2. The molecule has 11 rings (SSSR count). The molecule has 0 amide bonds. The zero-order valence-corrected chi connectivity index (χ0v) is 41.5. The van der Waals surface area contributed by atoms with Crippen LogP contribution in [0.5, 0.6) is 0 Å². The molecule has 0 radical (unpaired) electrons. The average molecular weight is 906 g/mol. The summed E-state index contributed by atoms with van der Waals surface area (Å²) < 4.78 is 0. The molecule has 1 aromatic heterocycles. The van der Waals surface area contributed by atoms with Gasteiger partial charge in [-0.05, 0) is 172 Å². The van der Waals surface area contributed by atoms with E-state index in [0.29, 0.717) is 0 Å². The van der Waals surface area contributed by atoms with E-state index in [1.807, 2.05) is 6.20 Å². The summed E-state index contributed by atoms with van der Waals surface area (Å²) in [5, 5.41) is 0. The fourth-order valence-electron chi connectivity index (χ4n) is 11.0. The summed E-state index contributed by atoms with van der Waals surface area (Å²) in [5.74, 6) is 0. The van der Waals surface area contributed by atoms with E-state index in [2.05, 4.69) is 271 Å². The second-order valence-electron chi connectivity index (χ2n) is 20.3. The van der Waals surface area contributed by atoms with Gasteiger partial charge >= 0.3 is 0 Å². The third-order valence-corrected chi connectivity index (χ3v) is 15.0. The molecule has 2 aliphatic rings. The maximum atomic E-state index is 4.87. The van der Waals surface area contributed by atoms with Crippen LogP contribution >= 0.6 is 0 Å².